The molecule has 2 atom stereocenters. The lowest BCUT2D eigenvalue weighted by atomic mass is 9.77. The molecule has 0 spiro atoms. The predicted molar refractivity (Wildman–Crippen MR) is 58.7 cm³/mol. The van der Waals surface area contributed by atoms with Crippen LogP contribution in [0.15, 0.2) is 0 Å². The predicted octanol–water partition coefficient (Wildman–Crippen LogP) is 1.69. The van der Waals surface area contributed by atoms with Crippen LogP contribution in [0.25, 0.3) is 0 Å². The summed E-state index contributed by atoms with van der Waals surface area (Å²) < 4.78 is 13.5. The Balaban J connectivity index is 1.77. The van der Waals surface area contributed by atoms with Crippen LogP contribution < -0.4 is 5.32 Å². The minimum Gasteiger partial charge on any atom is -0.389 e. The van der Waals surface area contributed by atoms with Crippen molar-refractivity contribution >= 4 is 5.91 Å². The number of alkyl halides is 1. The van der Waals surface area contributed by atoms with Gasteiger partial charge in [0.15, 0.2) is 0 Å². The van der Waals surface area contributed by atoms with Crippen molar-refractivity contribution < 1.29 is 14.3 Å². The topological polar surface area (TPSA) is 49.3 Å². The maximum Gasteiger partial charge on any atom is 0.223 e. The molecule has 0 unspecified atom stereocenters. The first-order chi connectivity index (χ1) is 7.59. The summed E-state index contributed by atoms with van der Waals surface area (Å²) >= 11 is 0. The average Bonchev–Trinajstić information content (AvgIpc) is 2.19. The van der Waals surface area contributed by atoms with Gasteiger partial charge in [0, 0.05) is 0 Å². The van der Waals surface area contributed by atoms with E-state index in [2.05, 4.69) is 5.32 Å². The Kier molecular flexibility index (Phi) is 3.47. The number of halogens is 1. The van der Waals surface area contributed by atoms with E-state index < -0.39 is 11.8 Å². The quantitative estimate of drug-likeness (QED) is 0.773. The largest absolute Gasteiger partial charge is 0.389 e. The molecule has 2 saturated carbocycles. The van der Waals surface area contributed by atoms with E-state index in [0.717, 1.165) is 25.7 Å². The van der Waals surface area contributed by atoms with Crippen molar-refractivity contribution in [3.8, 4) is 0 Å². The zero-order chi connectivity index (χ0) is 11.6. The Morgan fingerprint density at radius 3 is 2.56 bits per heavy atom. The second kappa shape index (κ2) is 4.70. The van der Waals surface area contributed by atoms with Crippen molar-refractivity contribution in [2.24, 2.45) is 0 Å². The second-order valence-corrected chi connectivity index (χ2v) is 5.23. The second-order valence-electron chi connectivity index (χ2n) is 5.23. The Hall–Kier alpha value is -0.640. The van der Waals surface area contributed by atoms with Gasteiger partial charge in [0.2, 0.25) is 5.91 Å². The van der Waals surface area contributed by atoms with E-state index in [0.29, 0.717) is 19.3 Å². The maximum atomic E-state index is 13.5. The summed E-state index contributed by atoms with van der Waals surface area (Å²) in [6.45, 7) is 0. The third kappa shape index (κ3) is 2.73. The minimum atomic E-state index is -0.909. The summed E-state index contributed by atoms with van der Waals surface area (Å²) in [5, 5.41) is 12.5. The first kappa shape index (κ1) is 11.8. The normalized spacial score (nSPS) is 32.9. The summed E-state index contributed by atoms with van der Waals surface area (Å²) in [5.74, 6) is -0.197. The molecule has 2 aliphatic rings. The number of rotatable bonds is 3. The molecule has 2 aliphatic carbocycles. The van der Waals surface area contributed by atoms with Gasteiger partial charge in [0.05, 0.1) is 18.1 Å². The zero-order valence-corrected chi connectivity index (χ0v) is 9.54. The van der Waals surface area contributed by atoms with Gasteiger partial charge in [-0.2, -0.15) is 0 Å². The summed E-state index contributed by atoms with van der Waals surface area (Å²) in [7, 11) is 0. The Morgan fingerprint density at radius 2 is 2.00 bits per heavy atom. The van der Waals surface area contributed by atoms with Crippen LogP contribution in [0.3, 0.4) is 0 Å². The Morgan fingerprint density at radius 1 is 1.31 bits per heavy atom. The van der Waals surface area contributed by atoms with E-state index in [1.807, 2.05) is 0 Å². The van der Waals surface area contributed by atoms with Crippen molar-refractivity contribution in [3.63, 3.8) is 0 Å². The van der Waals surface area contributed by atoms with Gasteiger partial charge in [0.1, 0.15) is 6.17 Å². The monoisotopic (exact) mass is 229 g/mol. The molecule has 0 heterocycles. The van der Waals surface area contributed by atoms with Crippen LogP contribution >= 0.6 is 0 Å². The van der Waals surface area contributed by atoms with Crippen molar-refractivity contribution in [2.75, 3.05) is 0 Å². The van der Waals surface area contributed by atoms with Gasteiger partial charge in [-0.15, -0.1) is 0 Å². The molecule has 0 aromatic carbocycles. The standard InChI is InChI=1S/C12H20FNO2/c13-9-4-1-2-5-10(9)14-11(15)8-12(16)6-3-7-12/h9-10,16H,1-8H2,(H,14,15)/t9-,10-/m1/s1. The van der Waals surface area contributed by atoms with Gasteiger partial charge in [-0.3, -0.25) is 4.79 Å². The summed E-state index contributed by atoms with van der Waals surface area (Å²) in [6.07, 6.45) is 4.78. The number of nitrogens with one attached hydrogen (secondary N) is 1. The molecule has 0 saturated heterocycles. The van der Waals surface area contributed by atoms with Crippen LogP contribution in [0.2, 0.25) is 0 Å². The summed E-state index contributed by atoms with van der Waals surface area (Å²) in [6, 6.07) is -0.329. The fourth-order valence-corrected chi connectivity index (χ4v) is 2.57. The fraction of sp³-hybridized carbons (Fsp3) is 0.917. The lowest BCUT2D eigenvalue weighted by Gasteiger charge is -2.36. The van der Waals surface area contributed by atoms with Crippen LogP contribution in [0, 0.1) is 0 Å². The molecule has 0 aromatic rings. The Bertz CT molecular complexity index is 266. The number of amides is 1. The van der Waals surface area contributed by atoms with Crippen LogP contribution in [-0.4, -0.2) is 28.8 Å². The number of carbonyl (C=O) groups is 1. The third-order valence-corrected chi connectivity index (χ3v) is 3.80. The van der Waals surface area contributed by atoms with Gasteiger partial charge in [0.25, 0.3) is 0 Å². The van der Waals surface area contributed by atoms with Crippen molar-refractivity contribution in [3.05, 3.63) is 0 Å². The molecule has 1 amide bonds. The highest BCUT2D eigenvalue weighted by Crippen LogP contribution is 2.34. The number of aliphatic hydroxyl groups is 1. The fourth-order valence-electron chi connectivity index (χ4n) is 2.57. The number of carbonyl (C=O) groups excluding carboxylic acids is 1. The molecule has 0 aromatic heterocycles. The molecule has 2 fully saturated rings. The van der Waals surface area contributed by atoms with Crippen molar-refractivity contribution in [1.29, 1.82) is 0 Å². The van der Waals surface area contributed by atoms with Crippen molar-refractivity contribution in [2.45, 2.75) is 69.2 Å². The smallest absolute Gasteiger partial charge is 0.223 e. The van der Waals surface area contributed by atoms with Crippen molar-refractivity contribution in [1.82, 2.24) is 5.32 Å². The summed E-state index contributed by atoms with van der Waals surface area (Å²) in [5.41, 5.74) is -0.801. The van der Waals surface area contributed by atoms with Crippen LogP contribution in [0.4, 0.5) is 4.39 Å². The molecule has 4 heteroatoms. The lowest BCUT2D eigenvalue weighted by molar-refractivity contribution is -0.131. The lowest BCUT2D eigenvalue weighted by Crippen LogP contribution is -2.48. The van der Waals surface area contributed by atoms with Crippen LogP contribution in [-0.2, 0) is 4.79 Å². The molecule has 3 nitrogen and oxygen atoms in total. The highest BCUT2D eigenvalue weighted by molar-refractivity contribution is 5.77. The van der Waals surface area contributed by atoms with E-state index in [-0.39, 0.29) is 18.4 Å². The van der Waals surface area contributed by atoms with Gasteiger partial charge < -0.3 is 10.4 Å². The highest BCUT2D eigenvalue weighted by Gasteiger charge is 2.37. The molecule has 2 rings (SSSR count). The minimum absolute atomic E-state index is 0.135. The molecule has 0 bridgehead atoms. The maximum absolute atomic E-state index is 13.5. The molecule has 0 radical (unpaired) electrons. The molecule has 92 valence electrons. The first-order valence-electron chi connectivity index (χ1n) is 6.25. The van der Waals surface area contributed by atoms with Gasteiger partial charge in [-0.1, -0.05) is 12.8 Å². The molecule has 2 N–H and O–H groups in total. The molecule has 16 heavy (non-hydrogen) atoms. The zero-order valence-electron chi connectivity index (χ0n) is 9.54. The van der Waals surface area contributed by atoms with E-state index in [4.69, 9.17) is 0 Å². The Labute approximate surface area is 95.4 Å². The first-order valence-corrected chi connectivity index (χ1v) is 6.25. The average molecular weight is 229 g/mol. The highest BCUT2D eigenvalue weighted by atomic mass is 19.1. The summed E-state index contributed by atoms with van der Waals surface area (Å²) in [4.78, 5) is 11.6. The molecular formula is C12H20FNO2. The number of hydrogen-bond donors (Lipinski definition) is 2. The van der Waals surface area contributed by atoms with Crippen LogP contribution in [0.1, 0.15) is 51.4 Å². The van der Waals surface area contributed by atoms with E-state index >= 15 is 0 Å². The van der Waals surface area contributed by atoms with E-state index in [1.165, 1.54) is 0 Å². The van der Waals surface area contributed by atoms with E-state index in [1.54, 1.807) is 0 Å². The van der Waals surface area contributed by atoms with Gasteiger partial charge in [-0.05, 0) is 32.1 Å². The third-order valence-electron chi connectivity index (χ3n) is 3.80. The molecular weight excluding hydrogens is 209 g/mol. The van der Waals surface area contributed by atoms with Gasteiger partial charge in [-0.25, -0.2) is 4.39 Å². The number of hydrogen-bond acceptors (Lipinski definition) is 2. The van der Waals surface area contributed by atoms with Crippen LogP contribution in [0.5, 0.6) is 0 Å². The molecule has 0 aliphatic heterocycles. The van der Waals surface area contributed by atoms with E-state index in [9.17, 15) is 14.3 Å². The SMILES string of the molecule is O=C(CC1(O)CCC1)N[C@@H]1CCCC[C@H]1F. The van der Waals surface area contributed by atoms with Gasteiger partial charge >= 0.3 is 0 Å².